The van der Waals surface area contributed by atoms with Crippen molar-refractivity contribution >= 4 is 111 Å². The van der Waals surface area contributed by atoms with Gasteiger partial charge in [-0.15, -0.1) is 11.3 Å². The highest BCUT2D eigenvalue weighted by Gasteiger charge is 2.44. The molecular formula is C51H33BN2OS. The second-order valence-electron chi connectivity index (χ2n) is 16.0. The number of rotatable bonds is 2. The van der Waals surface area contributed by atoms with Crippen LogP contribution in [0.25, 0.3) is 53.2 Å². The summed E-state index contributed by atoms with van der Waals surface area (Å²) in [7, 11) is 0. The summed E-state index contributed by atoms with van der Waals surface area (Å²) >= 11 is 1.88. The molecule has 1 aliphatic carbocycles. The Morgan fingerprint density at radius 1 is 0.482 bits per heavy atom. The molecule has 0 unspecified atom stereocenters. The van der Waals surface area contributed by atoms with Crippen LogP contribution in [0.1, 0.15) is 25.0 Å². The van der Waals surface area contributed by atoms with Gasteiger partial charge in [-0.05, 0) is 93.2 Å². The largest absolute Gasteiger partial charge is 0.454 e. The van der Waals surface area contributed by atoms with Crippen LogP contribution in [0.5, 0.6) is 0 Å². The van der Waals surface area contributed by atoms with Gasteiger partial charge in [0.1, 0.15) is 5.58 Å². The lowest BCUT2D eigenvalue weighted by molar-refractivity contribution is 0.647. The number of hydrogen-bond donors (Lipinski definition) is 0. The highest BCUT2D eigenvalue weighted by molar-refractivity contribution is 7.26. The maximum atomic E-state index is 7.05. The van der Waals surface area contributed by atoms with E-state index >= 15 is 0 Å². The molecule has 0 atom stereocenters. The quantitative estimate of drug-likeness (QED) is 0.165. The Labute approximate surface area is 328 Å². The van der Waals surface area contributed by atoms with Gasteiger partial charge in [-0.1, -0.05) is 123 Å². The van der Waals surface area contributed by atoms with Crippen LogP contribution < -0.4 is 26.2 Å². The van der Waals surface area contributed by atoms with Crippen molar-refractivity contribution in [2.75, 3.05) is 9.80 Å². The van der Waals surface area contributed by atoms with Crippen molar-refractivity contribution < 1.29 is 4.42 Å². The minimum Gasteiger partial charge on any atom is -0.454 e. The van der Waals surface area contributed by atoms with Crippen molar-refractivity contribution in [1.29, 1.82) is 0 Å². The second kappa shape index (κ2) is 10.8. The van der Waals surface area contributed by atoms with E-state index < -0.39 is 0 Å². The topological polar surface area (TPSA) is 19.6 Å². The predicted molar refractivity (Wildman–Crippen MR) is 238 cm³/mol. The fourth-order valence-electron chi connectivity index (χ4n) is 10.4. The zero-order valence-corrected chi connectivity index (χ0v) is 31.7. The lowest BCUT2D eigenvalue weighted by Gasteiger charge is -2.44. The molecule has 0 saturated heterocycles. The number of thiophene rings is 1. The van der Waals surface area contributed by atoms with Gasteiger partial charge in [-0.25, -0.2) is 0 Å². The second-order valence-corrected chi connectivity index (χ2v) is 17.1. The first-order chi connectivity index (χ1) is 27.6. The van der Waals surface area contributed by atoms with Gasteiger partial charge in [0.25, 0.3) is 6.71 Å². The van der Waals surface area contributed by atoms with Crippen molar-refractivity contribution in [3.8, 4) is 11.1 Å². The highest BCUT2D eigenvalue weighted by Crippen LogP contribution is 2.53. The normalized spacial score (nSPS) is 14.6. The number of hydrogen-bond acceptors (Lipinski definition) is 4. The van der Waals surface area contributed by atoms with Crippen molar-refractivity contribution in [2.45, 2.75) is 19.3 Å². The first-order valence-corrected chi connectivity index (χ1v) is 20.3. The Kier molecular flexibility index (Phi) is 5.93. The molecule has 10 aromatic rings. The standard InChI is InChI=1S/C51H33BN2OS/c1-51(2)36-18-5-3-14-30(36)34-28-35-32-16-11-25-44(49(32)55-46(35)29-37(34)51)53-40-21-8-6-19-38(40)52-39-20-7-9-22-41(39)54(43-24-13-23-42(53)48(43)52)45-26-12-17-33-31-15-4-10-27-47(31)56-50(33)45/h3-29H,1-2H3. The number of furan rings is 1. The van der Waals surface area contributed by atoms with Crippen LogP contribution in [0, 0.1) is 0 Å². The minimum absolute atomic E-state index is 0.0721. The molecule has 2 aromatic heterocycles. The Hall–Kier alpha value is -6.56. The number of nitrogens with zero attached hydrogens (tertiary/aromatic N) is 2. The molecule has 3 nitrogen and oxygen atoms in total. The Balaban J connectivity index is 1.07. The van der Waals surface area contributed by atoms with Gasteiger partial charge in [0, 0.05) is 54.4 Å². The maximum absolute atomic E-state index is 7.05. The molecule has 4 heterocycles. The molecule has 0 bridgehead atoms. The van der Waals surface area contributed by atoms with E-state index in [4.69, 9.17) is 4.42 Å². The molecule has 2 aliphatic heterocycles. The summed E-state index contributed by atoms with van der Waals surface area (Å²) in [6.45, 7) is 4.74. The first-order valence-electron chi connectivity index (χ1n) is 19.5. The average Bonchev–Trinajstić information content (AvgIpc) is 3.88. The molecule has 0 saturated carbocycles. The summed E-state index contributed by atoms with van der Waals surface area (Å²) in [5.74, 6) is 0. The third-order valence-corrected chi connectivity index (χ3v) is 14.1. The molecule has 56 heavy (non-hydrogen) atoms. The molecule has 13 rings (SSSR count). The fraction of sp³-hybridized carbons (Fsp3) is 0.0588. The number of para-hydroxylation sites is 3. The van der Waals surface area contributed by atoms with Gasteiger partial charge >= 0.3 is 0 Å². The van der Waals surface area contributed by atoms with Crippen LogP contribution in [0.3, 0.4) is 0 Å². The van der Waals surface area contributed by atoms with Crippen LogP contribution in [-0.4, -0.2) is 6.71 Å². The summed E-state index contributed by atoms with van der Waals surface area (Å²) in [6, 6.07) is 60.7. The van der Waals surface area contributed by atoms with E-state index in [0.29, 0.717) is 0 Å². The van der Waals surface area contributed by atoms with Crippen LogP contribution in [0.4, 0.5) is 34.1 Å². The third-order valence-electron chi connectivity index (χ3n) is 12.9. The highest BCUT2D eigenvalue weighted by atomic mass is 32.1. The zero-order chi connectivity index (χ0) is 36.9. The SMILES string of the molecule is CC1(C)c2ccccc2-c2cc3c(cc21)oc1c(N2c4ccccc4B4c5ccccc5N(c5cccc6c5sc5ccccc56)c5cccc2c54)cccc13. The van der Waals surface area contributed by atoms with Gasteiger partial charge in [0.15, 0.2) is 5.58 Å². The van der Waals surface area contributed by atoms with Gasteiger partial charge in [0.2, 0.25) is 0 Å². The Morgan fingerprint density at radius 3 is 1.88 bits per heavy atom. The Morgan fingerprint density at radius 2 is 1.07 bits per heavy atom. The monoisotopic (exact) mass is 732 g/mol. The van der Waals surface area contributed by atoms with Crippen molar-refractivity contribution in [3.63, 3.8) is 0 Å². The molecule has 262 valence electrons. The van der Waals surface area contributed by atoms with Crippen LogP contribution in [0.15, 0.2) is 168 Å². The van der Waals surface area contributed by atoms with Gasteiger partial charge in [-0.3, -0.25) is 0 Å². The Bertz CT molecular complexity index is 3340. The van der Waals surface area contributed by atoms with E-state index in [0.717, 1.165) is 27.6 Å². The molecule has 0 fully saturated rings. The number of fused-ring (bicyclic) bond motifs is 13. The lowest BCUT2D eigenvalue weighted by Crippen LogP contribution is -2.61. The number of benzene rings is 8. The molecule has 8 aromatic carbocycles. The smallest absolute Gasteiger partial charge is 0.252 e. The maximum Gasteiger partial charge on any atom is 0.252 e. The average molecular weight is 733 g/mol. The summed E-state index contributed by atoms with van der Waals surface area (Å²) in [5.41, 5.74) is 18.1. The molecule has 0 radical (unpaired) electrons. The van der Waals surface area contributed by atoms with Crippen LogP contribution >= 0.6 is 11.3 Å². The van der Waals surface area contributed by atoms with Crippen molar-refractivity contribution in [2.24, 2.45) is 0 Å². The van der Waals surface area contributed by atoms with E-state index in [1.165, 1.54) is 87.3 Å². The van der Waals surface area contributed by atoms with Crippen LogP contribution in [0.2, 0.25) is 0 Å². The van der Waals surface area contributed by atoms with Gasteiger partial charge in [-0.2, -0.15) is 0 Å². The molecular weight excluding hydrogens is 699 g/mol. The molecule has 0 amide bonds. The van der Waals surface area contributed by atoms with E-state index in [-0.39, 0.29) is 12.1 Å². The van der Waals surface area contributed by atoms with Gasteiger partial charge < -0.3 is 14.2 Å². The van der Waals surface area contributed by atoms with E-state index in [1.54, 1.807) is 0 Å². The summed E-state index contributed by atoms with van der Waals surface area (Å²) in [4.78, 5) is 4.99. The third kappa shape index (κ3) is 3.83. The fourth-order valence-corrected chi connectivity index (χ4v) is 11.6. The zero-order valence-electron chi connectivity index (χ0n) is 30.9. The van der Waals surface area contributed by atoms with E-state index in [1.807, 2.05) is 11.3 Å². The molecule has 3 aliphatic rings. The molecule has 5 heteroatoms. The summed E-state index contributed by atoms with van der Waals surface area (Å²) in [6.07, 6.45) is 0. The van der Waals surface area contributed by atoms with Crippen molar-refractivity contribution in [1.82, 2.24) is 0 Å². The van der Waals surface area contributed by atoms with Crippen molar-refractivity contribution in [3.05, 3.63) is 175 Å². The summed E-state index contributed by atoms with van der Waals surface area (Å²) in [5, 5.41) is 4.90. The molecule has 0 spiro atoms. The summed E-state index contributed by atoms with van der Waals surface area (Å²) < 4.78 is 9.67. The lowest BCUT2D eigenvalue weighted by atomic mass is 9.33. The first kappa shape index (κ1) is 30.7. The predicted octanol–water partition coefficient (Wildman–Crippen LogP) is 12.3. The molecule has 0 N–H and O–H groups in total. The van der Waals surface area contributed by atoms with Crippen LogP contribution in [-0.2, 0) is 5.41 Å². The van der Waals surface area contributed by atoms with E-state index in [9.17, 15) is 0 Å². The van der Waals surface area contributed by atoms with E-state index in [2.05, 4.69) is 187 Å². The minimum atomic E-state index is -0.103. The number of anilines is 6. The van der Waals surface area contributed by atoms with Gasteiger partial charge in [0.05, 0.1) is 16.1 Å².